The van der Waals surface area contributed by atoms with Gasteiger partial charge in [-0.25, -0.2) is 0 Å². The molecule has 7 nitrogen and oxygen atoms in total. The molecule has 3 atom stereocenters. The van der Waals surface area contributed by atoms with Crippen LogP contribution >= 0.6 is 0 Å². The Morgan fingerprint density at radius 2 is 2.15 bits per heavy atom. The third kappa shape index (κ3) is 4.01. The van der Waals surface area contributed by atoms with E-state index in [9.17, 15) is 4.79 Å². The highest BCUT2D eigenvalue weighted by Crippen LogP contribution is 2.13. The van der Waals surface area contributed by atoms with Crippen molar-refractivity contribution in [3.63, 3.8) is 0 Å². The van der Waals surface area contributed by atoms with Gasteiger partial charge in [0, 0.05) is 14.2 Å². The van der Waals surface area contributed by atoms with Crippen molar-refractivity contribution < 1.29 is 14.1 Å². The number of rotatable bonds is 7. The van der Waals surface area contributed by atoms with E-state index >= 15 is 0 Å². The molecule has 114 valence electrons. The topological polar surface area (TPSA) is 94.5 Å². The first-order valence-electron chi connectivity index (χ1n) is 6.76. The lowest BCUT2D eigenvalue weighted by Gasteiger charge is -2.23. The minimum absolute atomic E-state index is 0.126. The molecule has 0 bridgehead atoms. The molecule has 0 fully saturated rings. The molecule has 0 saturated heterocycles. The first-order chi connectivity index (χ1) is 9.40. The number of hydrogen-bond acceptors (Lipinski definition) is 6. The fourth-order valence-corrected chi connectivity index (χ4v) is 1.64. The number of nitrogens with two attached hydrogens (primary N) is 1. The zero-order valence-electron chi connectivity index (χ0n) is 12.8. The largest absolute Gasteiger partial charge is 0.374 e. The average molecular weight is 284 g/mol. The number of carbonyl (C=O) groups is 1. The van der Waals surface area contributed by atoms with Crippen molar-refractivity contribution in [3.05, 3.63) is 11.7 Å². The van der Waals surface area contributed by atoms with Crippen molar-refractivity contribution >= 4 is 5.91 Å². The van der Waals surface area contributed by atoms with Crippen LogP contribution in [0.5, 0.6) is 0 Å². The third-order valence-electron chi connectivity index (χ3n) is 3.49. The summed E-state index contributed by atoms with van der Waals surface area (Å²) in [6.45, 7) is 6.03. The van der Waals surface area contributed by atoms with Crippen LogP contribution in [0.4, 0.5) is 0 Å². The van der Waals surface area contributed by atoms with Crippen LogP contribution in [0.2, 0.25) is 0 Å². The van der Waals surface area contributed by atoms with Crippen LogP contribution in [-0.2, 0) is 16.1 Å². The lowest BCUT2D eigenvalue weighted by atomic mass is 9.99. The van der Waals surface area contributed by atoms with E-state index in [0.29, 0.717) is 11.7 Å². The van der Waals surface area contributed by atoms with Crippen LogP contribution < -0.4 is 5.73 Å². The van der Waals surface area contributed by atoms with Crippen molar-refractivity contribution in [1.82, 2.24) is 15.0 Å². The highest BCUT2D eigenvalue weighted by molar-refractivity contribution is 5.81. The van der Waals surface area contributed by atoms with E-state index in [-0.39, 0.29) is 24.5 Å². The van der Waals surface area contributed by atoms with Crippen LogP contribution in [0, 0.1) is 5.92 Å². The average Bonchev–Trinajstić information content (AvgIpc) is 2.92. The molecule has 0 aliphatic heterocycles. The fraction of sp³-hybridized carbons (Fsp3) is 0.769. The number of methoxy groups -OCH3 is 1. The monoisotopic (exact) mass is 284 g/mol. The standard InChI is InChI=1S/C13H24N4O3/c1-6-8(2)11(14)13(18)17(4)7-10-15-12(16-20-10)9(3)19-5/h8-9,11H,6-7,14H2,1-5H3. The summed E-state index contributed by atoms with van der Waals surface area (Å²) in [6.07, 6.45) is 0.618. The van der Waals surface area contributed by atoms with E-state index in [0.717, 1.165) is 6.42 Å². The summed E-state index contributed by atoms with van der Waals surface area (Å²) in [5.41, 5.74) is 5.92. The fourth-order valence-electron chi connectivity index (χ4n) is 1.64. The molecule has 1 aromatic heterocycles. The molecule has 0 aliphatic carbocycles. The highest BCUT2D eigenvalue weighted by atomic mass is 16.5. The minimum Gasteiger partial charge on any atom is -0.374 e. The van der Waals surface area contributed by atoms with Gasteiger partial charge in [-0.05, 0) is 12.8 Å². The second-order valence-electron chi connectivity index (χ2n) is 5.03. The van der Waals surface area contributed by atoms with Crippen molar-refractivity contribution in [2.45, 2.75) is 45.9 Å². The van der Waals surface area contributed by atoms with Gasteiger partial charge in [-0.3, -0.25) is 4.79 Å². The number of carbonyl (C=O) groups excluding carboxylic acids is 1. The van der Waals surface area contributed by atoms with E-state index in [2.05, 4.69) is 10.1 Å². The number of ether oxygens (including phenoxy) is 1. The normalized spacial score (nSPS) is 15.7. The lowest BCUT2D eigenvalue weighted by Crippen LogP contribution is -2.45. The predicted molar refractivity (Wildman–Crippen MR) is 73.6 cm³/mol. The Morgan fingerprint density at radius 1 is 1.50 bits per heavy atom. The zero-order chi connectivity index (χ0) is 15.3. The Hall–Kier alpha value is -1.47. The molecule has 20 heavy (non-hydrogen) atoms. The number of hydrogen-bond donors (Lipinski definition) is 1. The molecular formula is C13H24N4O3. The van der Waals surface area contributed by atoms with Gasteiger partial charge in [-0.1, -0.05) is 25.4 Å². The van der Waals surface area contributed by atoms with Crippen LogP contribution in [0.1, 0.15) is 45.0 Å². The molecule has 7 heteroatoms. The van der Waals surface area contributed by atoms with Crippen molar-refractivity contribution in [1.29, 1.82) is 0 Å². The molecular weight excluding hydrogens is 260 g/mol. The zero-order valence-corrected chi connectivity index (χ0v) is 12.8. The second kappa shape index (κ2) is 7.35. The maximum atomic E-state index is 12.1. The molecule has 0 aliphatic rings. The molecule has 0 aromatic carbocycles. The number of likely N-dealkylation sites (N-methyl/N-ethyl adjacent to an activating group) is 1. The summed E-state index contributed by atoms with van der Waals surface area (Å²) in [5, 5.41) is 3.82. The number of nitrogens with zero attached hydrogens (tertiary/aromatic N) is 3. The van der Waals surface area contributed by atoms with Crippen molar-refractivity contribution in [3.8, 4) is 0 Å². The van der Waals surface area contributed by atoms with Crippen molar-refractivity contribution in [2.24, 2.45) is 11.7 Å². The highest BCUT2D eigenvalue weighted by Gasteiger charge is 2.24. The number of amides is 1. The summed E-state index contributed by atoms with van der Waals surface area (Å²) in [7, 11) is 3.25. The Bertz CT molecular complexity index is 435. The van der Waals surface area contributed by atoms with Crippen LogP contribution in [0.15, 0.2) is 4.52 Å². The van der Waals surface area contributed by atoms with Gasteiger partial charge in [0.05, 0.1) is 12.6 Å². The van der Waals surface area contributed by atoms with Crippen molar-refractivity contribution in [2.75, 3.05) is 14.2 Å². The van der Waals surface area contributed by atoms with E-state index in [1.54, 1.807) is 14.2 Å². The Kier molecular flexibility index (Phi) is 6.09. The maximum absolute atomic E-state index is 12.1. The summed E-state index contributed by atoms with van der Waals surface area (Å²) in [4.78, 5) is 17.8. The van der Waals surface area contributed by atoms with Gasteiger partial charge in [0.25, 0.3) is 0 Å². The van der Waals surface area contributed by atoms with Gasteiger partial charge in [0.2, 0.25) is 11.8 Å². The second-order valence-corrected chi connectivity index (χ2v) is 5.03. The lowest BCUT2D eigenvalue weighted by molar-refractivity contribution is -0.133. The molecule has 2 N–H and O–H groups in total. The first-order valence-corrected chi connectivity index (χ1v) is 6.76. The summed E-state index contributed by atoms with van der Waals surface area (Å²) in [5.74, 6) is 0.848. The van der Waals surface area contributed by atoms with Gasteiger partial charge in [0.1, 0.15) is 6.10 Å². The molecule has 1 amide bonds. The van der Waals surface area contributed by atoms with E-state index < -0.39 is 6.04 Å². The molecule has 0 radical (unpaired) electrons. The van der Waals surface area contributed by atoms with Gasteiger partial charge in [-0.15, -0.1) is 0 Å². The quantitative estimate of drug-likeness (QED) is 0.806. The smallest absolute Gasteiger partial charge is 0.246 e. The van der Waals surface area contributed by atoms with Gasteiger partial charge < -0.3 is 19.9 Å². The third-order valence-corrected chi connectivity index (χ3v) is 3.49. The molecule has 1 rings (SSSR count). The van der Waals surface area contributed by atoms with E-state index in [4.69, 9.17) is 15.0 Å². The van der Waals surface area contributed by atoms with E-state index in [1.807, 2.05) is 20.8 Å². The van der Waals surface area contributed by atoms with E-state index in [1.165, 1.54) is 4.90 Å². The summed E-state index contributed by atoms with van der Waals surface area (Å²) >= 11 is 0. The van der Waals surface area contributed by atoms with Crippen LogP contribution in [0.25, 0.3) is 0 Å². The van der Waals surface area contributed by atoms with Gasteiger partial charge in [-0.2, -0.15) is 4.98 Å². The minimum atomic E-state index is -0.509. The maximum Gasteiger partial charge on any atom is 0.246 e. The van der Waals surface area contributed by atoms with Crippen LogP contribution in [-0.4, -0.2) is 41.1 Å². The first kappa shape index (κ1) is 16.6. The molecule has 0 spiro atoms. The summed E-state index contributed by atoms with van der Waals surface area (Å²) in [6, 6.07) is -0.509. The number of aromatic nitrogens is 2. The molecule has 0 saturated carbocycles. The van der Waals surface area contributed by atoms with Gasteiger partial charge in [0.15, 0.2) is 5.82 Å². The SMILES string of the molecule is CCC(C)C(N)C(=O)N(C)Cc1nc(C(C)OC)no1. The molecule has 1 heterocycles. The Balaban J connectivity index is 2.64. The predicted octanol–water partition coefficient (Wildman–Crippen LogP) is 1.11. The Labute approximate surface area is 119 Å². The van der Waals surface area contributed by atoms with Crippen LogP contribution in [0.3, 0.4) is 0 Å². The Morgan fingerprint density at radius 3 is 2.70 bits per heavy atom. The van der Waals surface area contributed by atoms with Gasteiger partial charge >= 0.3 is 0 Å². The molecule has 3 unspecified atom stereocenters. The summed E-state index contributed by atoms with van der Waals surface area (Å²) < 4.78 is 10.2. The molecule has 1 aromatic rings.